The molecule has 0 aliphatic heterocycles. The number of nitrogen functional groups attached to an aromatic ring is 2. The van der Waals surface area contributed by atoms with Crippen molar-refractivity contribution in [3.05, 3.63) is 5.82 Å². The Hall–Kier alpha value is -1.39. The average molecular weight is 221 g/mol. The number of nitrogens with two attached hydrogens (primary N) is 2. The molecule has 5 heteroatoms. The molecule has 1 fully saturated rings. The van der Waals surface area contributed by atoms with Gasteiger partial charge in [0.15, 0.2) is 0 Å². The molecule has 0 bridgehead atoms. The number of rotatable bonds is 3. The topological polar surface area (TPSA) is 90.7 Å². The van der Waals surface area contributed by atoms with Crippen molar-refractivity contribution in [1.29, 1.82) is 0 Å². The monoisotopic (exact) mass is 221 g/mol. The van der Waals surface area contributed by atoms with Crippen molar-refractivity contribution in [1.82, 2.24) is 15.0 Å². The predicted octanol–water partition coefficient (Wildman–Crippen LogP) is 1.55. The van der Waals surface area contributed by atoms with Gasteiger partial charge in [-0.2, -0.15) is 15.0 Å². The highest BCUT2D eigenvalue weighted by Crippen LogP contribution is 2.27. The van der Waals surface area contributed by atoms with E-state index in [4.69, 9.17) is 11.5 Å². The minimum absolute atomic E-state index is 0.228. The third-order valence-electron chi connectivity index (χ3n) is 3.22. The number of aromatic nitrogens is 3. The Balaban J connectivity index is 1.88. The van der Waals surface area contributed by atoms with Gasteiger partial charge < -0.3 is 11.5 Å². The van der Waals surface area contributed by atoms with Crippen LogP contribution in [0.3, 0.4) is 0 Å². The van der Waals surface area contributed by atoms with Gasteiger partial charge in [0.05, 0.1) is 0 Å². The first-order chi connectivity index (χ1) is 7.74. The molecule has 1 aliphatic rings. The minimum atomic E-state index is 0.228. The molecule has 0 unspecified atom stereocenters. The second-order valence-electron chi connectivity index (χ2n) is 4.51. The fraction of sp³-hybridized carbons (Fsp3) is 0.727. The molecule has 4 N–H and O–H groups in total. The molecule has 0 saturated heterocycles. The highest BCUT2D eigenvalue weighted by Gasteiger charge is 2.14. The van der Waals surface area contributed by atoms with Crippen LogP contribution in [-0.4, -0.2) is 15.0 Å². The molecule has 1 aromatic heterocycles. The molecule has 1 heterocycles. The van der Waals surface area contributed by atoms with Crippen LogP contribution in [0.5, 0.6) is 0 Å². The van der Waals surface area contributed by atoms with Crippen LogP contribution in [0.15, 0.2) is 0 Å². The van der Waals surface area contributed by atoms with Gasteiger partial charge in [-0.05, 0) is 12.3 Å². The Morgan fingerprint density at radius 2 is 1.56 bits per heavy atom. The van der Waals surface area contributed by atoms with Crippen LogP contribution in [0.2, 0.25) is 0 Å². The van der Waals surface area contributed by atoms with Gasteiger partial charge in [0.2, 0.25) is 11.9 Å². The van der Waals surface area contributed by atoms with E-state index in [2.05, 4.69) is 15.0 Å². The second kappa shape index (κ2) is 5.09. The molecule has 0 atom stereocenters. The van der Waals surface area contributed by atoms with Crippen LogP contribution in [0.25, 0.3) is 0 Å². The van der Waals surface area contributed by atoms with Crippen molar-refractivity contribution in [2.75, 3.05) is 11.5 Å². The molecule has 0 spiro atoms. The standard InChI is InChI=1S/C11H19N5/c12-10-14-9(15-11(13)16-10)7-6-8-4-2-1-3-5-8/h8H,1-7H2,(H4,12,13,14,15,16). The van der Waals surface area contributed by atoms with Crippen LogP contribution in [0, 0.1) is 5.92 Å². The molecule has 1 aromatic rings. The Morgan fingerprint density at radius 3 is 2.19 bits per heavy atom. The summed E-state index contributed by atoms with van der Waals surface area (Å²) in [5, 5.41) is 0. The van der Waals surface area contributed by atoms with Crippen LogP contribution in [0.4, 0.5) is 11.9 Å². The Labute approximate surface area is 95.7 Å². The molecule has 0 radical (unpaired) electrons. The van der Waals surface area contributed by atoms with Gasteiger partial charge in [0.25, 0.3) is 0 Å². The molecule has 0 aromatic carbocycles. The van der Waals surface area contributed by atoms with E-state index in [-0.39, 0.29) is 11.9 Å². The van der Waals surface area contributed by atoms with E-state index in [9.17, 15) is 0 Å². The summed E-state index contributed by atoms with van der Waals surface area (Å²) in [6, 6.07) is 0. The lowest BCUT2D eigenvalue weighted by Crippen LogP contribution is -2.11. The molecule has 5 nitrogen and oxygen atoms in total. The van der Waals surface area contributed by atoms with Crippen molar-refractivity contribution in [3.63, 3.8) is 0 Å². The van der Waals surface area contributed by atoms with E-state index in [1.54, 1.807) is 0 Å². The van der Waals surface area contributed by atoms with Crippen molar-refractivity contribution >= 4 is 11.9 Å². The summed E-state index contributed by atoms with van der Waals surface area (Å²) in [6.07, 6.45) is 8.82. The lowest BCUT2D eigenvalue weighted by Gasteiger charge is -2.20. The van der Waals surface area contributed by atoms with Gasteiger partial charge in [-0.25, -0.2) is 0 Å². The highest BCUT2D eigenvalue weighted by atomic mass is 15.1. The summed E-state index contributed by atoms with van der Waals surface area (Å²) in [6.45, 7) is 0. The third kappa shape index (κ3) is 3.05. The number of anilines is 2. The van der Waals surface area contributed by atoms with Crippen LogP contribution >= 0.6 is 0 Å². The zero-order valence-corrected chi connectivity index (χ0v) is 9.52. The first kappa shape index (κ1) is 11.1. The lowest BCUT2D eigenvalue weighted by atomic mass is 9.86. The van der Waals surface area contributed by atoms with Gasteiger partial charge >= 0.3 is 0 Å². The Bertz CT molecular complexity index is 326. The van der Waals surface area contributed by atoms with E-state index in [0.29, 0.717) is 0 Å². The lowest BCUT2D eigenvalue weighted by molar-refractivity contribution is 0.337. The van der Waals surface area contributed by atoms with Gasteiger partial charge in [0.1, 0.15) is 5.82 Å². The predicted molar refractivity (Wildman–Crippen MR) is 63.5 cm³/mol. The maximum Gasteiger partial charge on any atom is 0.225 e. The quantitative estimate of drug-likeness (QED) is 0.808. The number of aryl methyl sites for hydroxylation is 1. The zero-order valence-electron chi connectivity index (χ0n) is 9.52. The maximum absolute atomic E-state index is 5.53. The largest absolute Gasteiger partial charge is 0.368 e. The van der Waals surface area contributed by atoms with E-state index in [1.807, 2.05) is 0 Å². The maximum atomic E-state index is 5.53. The van der Waals surface area contributed by atoms with E-state index in [0.717, 1.165) is 24.6 Å². The van der Waals surface area contributed by atoms with E-state index in [1.165, 1.54) is 32.1 Å². The summed E-state index contributed by atoms with van der Waals surface area (Å²) in [5.41, 5.74) is 11.1. The van der Waals surface area contributed by atoms with Crippen LogP contribution in [0.1, 0.15) is 44.3 Å². The fourth-order valence-corrected chi connectivity index (χ4v) is 2.38. The van der Waals surface area contributed by atoms with Crippen molar-refractivity contribution in [2.45, 2.75) is 44.9 Å². The fourth-order valence-electron chi connectivity index (χ4n) is 2.38. The molecule has 1 saturated carbocycles. The summed E-state index contributed by atoms with van der Waals surface area (Å²) in [5.74, 6) is 2.01. The number of nitrogens with zero attached hydrogens (tertiary/aromatic N) is 3. The molecular formula is C11H19N5. The van der Waals surface area contributed by atoms with Crippen LogP contribution < -0.4 is 11.5 Å². The molecule has 0 amide bonds. The normalized spacial score (nSPS) is 17.5. The zero-order chi connectivity index (χ0) is 11.4. The van der Waals surface area contributed by atoms with Gasteiger partial charge in [-0.15, -0.1) is 0 Å². The molecule has 16 heavy (non-hydrogen) atoms. The van der Waals surface area contributed by atoms with Gasteiger partial charge in [-0.1, -0.05) is 32.1 Å². The van der Waals surface area contributed by atoms with E-state index < -0.39 is 0 Å². The van der Waals surface area contributed by atoms with Crippen molar-refractivity contribution in [2.24, 2.45) is 5.92 Å². The highest BCUT2D eigenvalue weighted by molar-refractivity contribution is 5.25. The Morgan fingerprint density at radius 1 is 0.938 bits per heavy atom. The number of hydrogen-bond acceptors (Lipinski definition) is 5. The average Bonchev–Trinajstić information content (AvgIpc) is 2.27. The Kier molecular flexibility index (Phi) is 3.54. The molecule has 1 aliphatic carbocycles. The van der Waals surface area contributed by atoms with Crippen LogP contribution in [-0.2, 0) is 6.42 Å². The van der Waals surface area contributed by atoms with Crippen molar-refractivity contribution < 1.29 is 0 Å². The summed E-state index contributed by atoms with van der Waals surface area (Å²) in [4.78, 5) is 12.0. The SMILES string of the molecule is Nc1nc(N)nc(CCC2CCCCC2)n1. The third-order valence-corrected chi connectivity index (χ3v) is 3.22. The molecular weight excluding hydrogens is 202 g/mol. The first-order valence-electron chi connectivity index (χ1n) is 6.00. The molecule has 88 valence electrons. The summed E-state index contributed by atoms with van der Waals surface area (Å²) < 4.78 is 0. The first-order valence-corrected chi connectivity index (χ1v) is 6.00. The van der Waals surface area contributed by atoms with Crippen molar-refractivity contribution in [3.8, 4) is 0 Å². The van der Waals surface area contributed by atoms with Gasteiger partial charge in [0, 0.05) is 6.42 Å². The van der Waals surface area contributed by atoms with Gasteiger partial charge in [-0.3, -0.25) is 0 Å². The van der Waals surface area contributed by atoms with E-state index >= 15 is 0 Å². The summed E-state index contributed by atoms with van der Waals surface area (Å²) >= 11 is 0. The molecule has 2 rings (SSSR count). The smallest absolute Gasteiger partial charge is 0.225 e. The number of hydrogen-bond donors (Lipinski definition) is 2. The summed E-state index contributed by atoms with van der Waals surface area (Å²) in [7, 11) is 0. The minimum Gasteiger partial charge on any atom is -0.368 e. The second-order valence-corrected chi connectivity index (χ2v) is 4.51.